The van der Waals surface area contributed by atoms with Crippen molar-refractivity contribution in [2.75, 3.05) is 11.9 Å². The normalized spacial score (nSPS) is 12.1. The first-order chi connectivity index (χ1) is 12.1. The third kappa shape index (κ3) is 3.97. The maximum Gasteiger partial charge on any atom is 0.319 e. The summed E-state index contributed by atoms with van der Waals surface area (Å²) in [4.78, 5) is 15.3. The number of aliphatic hydroxyl groups excluding tert-OH is 1. The standard InChI is InChI=1S/C19H20FN3O2/c1-12-6-7-16(20)18(8-12)23-19(25)22-14(11-24)9-13-10-21-17-5-3-2-4-15(13)17/h2-8,10,14,21,24H,9,11H2,1H3,(H2,22,23,25)/t14-/m0/s1. The average Bonchev–Trinajstić information content (AvgIpc) is 3.00. The van der Waals surface area contributed by atoms with Crippen LogP contribution in [0.4, 0.5) is 14.9 Å². The van der Waals surface area contributed by atoms with E-state index in [-0.39, 0.29) is 12.3 Å². The Morgan fingerprint density at radius 1 is 1.28 bits per heavy atom. The highest BCUT2D eigenvalue weighted by atomic mass is 19.1. The number of H-pyrrole nitrogens is 1. The minimum atomic E-state index is -0.552. The molecule has 130 valence electrons. The quantitative estimate of drug-likeness (QED) is 0.574. The number of hydrogen-bond acceptors (Lipinski definition) is 2. The summed E-state index contributed by atoms with van der Waals surface area (Å²) in [6, 6.07) is 11.3. The van der Waals surface area contributed by atoms with Crippen molar-refractivity contribution in [3.63, 3.8) is 0 Å². The number of para-hydroxylation sites is 1. The van der Waals surface area contributed by atoms with Crippen LogP contribution in [0, 0.1) is 12.7 Å². The van der Waals surface area contributed by atoms with Crippen LogP contribution in [-0.2, 0) is 6.42 Å². The molecule has 0 aliphatic heterocycles. The molecule has 4 N–H and O–H groups in total. The minimum absolute atomic E-state index is 0.112. The highest BCUT2D eigenvalue weighted by molar-refractivity contribution is 5.90. The fourth-order valence-electron chi connectivity index (χ4n) is 2.81. The van der Waals surface area contributed by atoms with Crippen LogP contribution >= 0.6 is 0 Å². The second-order valence-electron chi connectivity index (χ2n) is 6.02. The molecule has 0 saturated carbocycles. The van der Waals surface area contributed by atoms with Crippen molar-refractivity contribution in [1.82, 2.24) is 10.3 Å². The first-order valence-electron chi connectivity index (χ1n) is 8.06. The van der Waals surface area contributed by atoms with Crippen molar-refractivity contribution >= 4 is 22.6 Å². The molecule has 0 radical (unpaired) electrons. The predicted molar refractivity (Wildman–Crippen MR) is 96.2 cm³/mol. The molecule has 0 bridgehead atoms. The largest absolute Gasteiger partial charge is 0.394 e. The number of nitrogens with one attached hydrogen (secondary N) is 3. The Hall–Kier alpha value is -2.86. The number of aromatic nitrogens is 1. The van der Waals surface area contributed by atoms with Gasteiger partial charge in [0.25, 0.3) is 0 Å². The molecule has 6 heteroatoms. The molecule has 0 fully saturated rings. The molecule has 1 aromatic heterocycles. The lowest BCUT2D eigenvalue weighted by atomic mass is 10.1. The van der Waals surface area contributed by atoms with Crippen LogP contribution in [0.25, 0.3) is 10.9 Å². The zero-order valence-corrected chi connectivity index (χ0v) is 13.8. The lowest BCUT2D eigenvalue weighted by Crippen LogP contribution is -2.41. The smallest absolute Gasteiger partial charge is 0.319 e. The highest BCUT2D eigenvalue weighted by Crippen LogP contribution is 2.19. The van der Waals surface area contributed by atoms with Gasteiger partial charge < -0.3 is 20.7 Å². The van der Waals surface area contributed by atoms with E-state index >= 15 is 0 Å². The van der Waals surface area contributed by atoms with Gasteiger partial charge in [-0.2, -0.15) is 0 Å². The molecule has 25 heavy (non-hydrogen) atoms. The van der Waals surface area contributed by atoms with Gasteiger partial charge in [0, 0.05) is 17.1 Å². The molecular weight excluding hydrogens is 321 g/mol. The number of aromatic amines is 1. The Bertz CT molecular complexity index is 891. The fourth-order valence-corrected chi connectivity index (χ4v) is 2.81. The average molecular weight is 341 g/mol. The van der Waals surface area contributed by atoms with Crippen molar-refractivity contribution < 1.29 is 14.3 Å². The van der Waals surface area contributed by atoms with Crippen LogP contribution in [0.1, 0.15) is 11.1 Å². The number of anilines is 1. The van der Waals surface area contributed by atoms with Crippen LogP contribution in [0.15, 0.2) is 48.7 Å². The molecule has 3 aromatic rings. The molecule has 0 aliphatic rings. The van der Waals surface area contributed by atoms with Gasteiger partial charge in [0.15, 0.2) is 0 Å². The van der Waals surface area contributed by atoms with Crippen molar-refractivity contribution in [3.05, 3.63) is 65.6 Å². The van der Waals surface area contributed by atoms with Gasteiger partial charge in [-0.15, -0.1) is 0 Å². The Morgan fingerprint density at radius 3 is 2.88 bits per heavy atom. The van der Waals surface area contributed by atoms with Crippen molar-refractivity contribution in [2.24, 2.45) is 0 Å². The summed E-state index contributed by atoms with van der Waals surface area (Å²) < 4.78 is 13.7. The molecule has 1 atom stereocenters. The summed E-state index contributed by atoms with van der Waals surface area (Å²) in [7, 11) is 0. The van der Waals surface area contributed by atoms with Gasteiger partial charge in [0.05, 0.1) is 18.3 Å². The number of aliphatic hydroxyl groups is 1. The lowest BCUT2D eigenvalue weighted by molar-refractivity contribution is 0.224. The van der Waals surface area contributed by atoms with E-state index < -0.39 is 17.9 Å². The van der Waals surface area contributed by atoms with Crippen molar-refractivity contribution in [2.45, 2.75) is 19.4 Å². The third-order valence-electron chi connectivity index (χ3n) is 4.07. The molecule has 2 aromatic carbocycles. The van der Waals surface area contributed by atoms with Crippen LogP contribution in [0.5, 0.6) is 0 Å². The highest BCUT2D eigenvalue weighted by Gasteiger charge is 2.15. The minimum Gasteiger partial charge on any atom is -0.394 e. The number of amides is 2. The van der Waals surface area contributed by atoms with Gasteiger partial charge in [-0.05, 0) is 42.7 Å². The molecule has 5 nitrogen and oxygen atoms in total. The van der Waals surface area contributed by atoms with E-state index in [1.165, 1.54) is 6.07 Å². The third-order valence-corrected chi connectivity index (χ3v) is 4.07. The molecule has 0 aliphatic carbocycles. The number of carbonyl (C=O) groups excluding carboxylic acids is 1. The maximum atomic E-state index is 13.7. The number of aryl methyl sites for hydroxylation is 1. The predicted octanol–water partition coefficient (Wildman–Crippen LogP) is 3.34. The molecule has 2 amide bonds. The number of rotatable bonds is 5. The first-order valence-corrected chi connectivity index (χ1v) is 8.06. The van der Waals surface area contributed by atoms with E-state index in [2.05, 4.69) is 15.6 Å². The van der Waals surface area contributed by atoms with Gasteiger partial charge in [-0.1, -0.05) is 24.3 Å². The SMILES string of the molecule is Cc1ccc(F)c(NC(=O)N[C@H](CO)Cc2c[nH]c3ccccc23)c1. The van der Waals surface area contributed by atoms with E-state index in [4.69, 9.17) is 0 Å². The van der Waals surface area contributed by atoms with Gasteiger partial charge in [-0.25, -0.2) is 9.18 Å². The summed E-state index contributed by atoms with van der Waals surface area (Å²) in [5.41, 5.74) is 2.95. The fraction of sp³-hybridized carbons (Fsp3) is 0.211. The monoisotopic (exact) mass is 341 g/mol. The van der Waals surface area contributed by atoms with Crippen molar-refractivity contribution in [1.29, 1.82) is 0 Å². The van der Waals surface area contributed by atoms with E-state index in [1.54, 1.807) is 12.1 Å². The molecular formula is C19H20FN3O2. The zero-order valence-electron chi connectivity index (χ0n) is 13.8. The summed E-state index contributed by atoms with van der Waals surface area (Å²) in [5, 5.41) is 15.8. The van der Waals surface area contributed by atoms with Gasteiger partial charge in [0.1, 0.15) is 5.82 Å². The van der Waals surface area contributed by atoms with Crippen LogP contribution < -0.4 is 10.6 Å². The Balaban J connectivity index is 1.67. The van der Waals surface area contributed by atoms with Gasteiger partial charge in [0.2, 0.25) is 0 Å². The van der Waals surface area contributed by atoms with E-state index in [0.717, 1.165) is 22.0 Å². The van der Waals surface area contributed by atoms with Gasteiger partial charge in [-0.3, -0.25) is 0 Å². The van der Waals surface area contributed by atoms with Crippen LogP contribution in [0.3, 0.4) is 0 Å². The summed E-state index contributed by atoms with van der Waals surface area (Å²) >= 11 is 0. The Morgan fingerprint density at radius 2 is 2.08 bits per heavy atom. The number of hydrogen-bond donors (Lipinski definition) is 4. The summed E-state index contributed by atoms with van der Waals surface area (Å²) in [5.74, 6) is -0.502. The Kier molecular flexibility index (Phi) is 5.00. The molecule has 0 spiro atoms. The number of benzene rings is 2. The van der Waals surface area contributed by atoms with Crippen LogP contribution in [-0.4, -0.2) is 28.8 Å². The Labute approximate surface area is 144 Å². The second kappa shape index (κ2) is 7.36. The molecule has 3 rings (SSSR count). The van der Waals surface area contributed by atoms with E-state index in [0.29, 0.717) is 6.42 Å². The lowest BCUT2D eigenvalue weighted by Gasteiger charge is -2.17. The van der Waals surface area contributed by atoms with E-state index in [9.17, 15) is 14.3 Å². The van der Waals surface area contributed by atoms with Crippen LogP contribution in [0.2, 0.25) is 0 Å². The first kappa shape index (κ1) is 17.0. The maximum absolute atomic E-state index is 13.7. The van der Waals surface area contributed by atoms with Gasteiger partial charge >= 0.3 is 6.03 Å². The molecule has 1 heterocycles. The molecule has 0 unspecified atom stereocenters. The van der Waals surface area contributed by atoms with E-state index in [1.807, 2.05) is 37.4 Å². The number of carbonyl (C=O) groups is 1. The van der Waals surface area contributed by atoms with Crippen molar-refractivity contribution in [3.8, 4) is 0 Å². The zero-order chi connectivity index (χ0) is 17.8. The summed E-state index contributed by atoms with van der Waals surface area (Å²) in [6.45, 7) is 1.60. The topological polar surface area (TPSA) is 77.2 Å². The summed E-state index contributed by atoms with van der Waals surface area (Å²) in [6.07, 6.45) is 2.33. The second-order valence-corrected chi connectivity index (χ2v) is 6.02. The number of urea groups is 1. The molecule has 0 saturated heterocycles. The number of halogens is 1. The number of fused-ring (bicyclic) bond motifs is 1.